The number of benzene rings is 1. The van der Waals surface area contributed by atoms with Crippen molar-refractivity contribution in [3.05, 3.63) is 29.8 Å². The van der Waals surface area contributed by atoms with E-state index in [-0.39, 0.29) is 30.4 Å². The first-order valence-corrected chi connectivity index (χ1v) is 11.3. The van der Waals surface area contributed by atoms with E-state index in [1.807, 2.05) is 24.3 Å². The molecule has 1 aromatic carbocycles. The molecule has 3 N–H and O–H groups in total. The summed E-state index contributed by atoms with van der Waals surface area (Å²) in [5.41, 5.74) is 1.12. The van der Waals surface area contributed by atoms with Crippen molar-refractivity contribution in [3.63, 3.8) is 0 Å². The molecule has 2 amide bonds. The van der Waals surface area contributed by atoms with Gasteiger partial charge in [-0.1, -0.05) is 18.2 Å². The van der Waals surface area contributed by atoms with Crippen LogP contribution in [0.15, 0.2) is 24.3 Å². The van der Waals surface area contributed by atoms with Crippen molar-refractivity contribution in [2.24, 2.45) is 5.92 Å². The highest BCUT2D eigenvalue weighted by Crippen LogP contribution is 2.25. The quantitative estimate of drug-likeness (QED) is 0.534. The van der Waals surface area contributed by atoms with Gasteiger partial charge in [-0.15, -0.1) is 0 Å². The second kappa shape index (κ2) is 11.9. The highest BCUT2D eigenvalue weighted by Gasteiger charge is 2.27. The van der Waals surface area contributed by atoms with Gasteiger partial charge in [0, 0.05) is 43.8 Å². The summed E-state index contributed by atoms with van der Waals surface area (Å²) in [6.07, 6.45) is 5.96. The van der Waals surface area contributed by atoms with Gasteiger partial charge >= 0.3 is 0 Å². The second-order valence-electron chi connectivity index (χ2n) is 8.36. The average Bonchev–Trinajstić information content (AvgIpc) is 2.95. The maximum Gasteiger partial charge on any atom is 0.234 e. The molecule has 0 spiro atoms. The van der Waals surface area contributed by atoms with Gasteiger partial charge in [0.2, 0.25) is 11.8 Å². The van der Waals surface area contributed by atoms with Crippen LogP contribution in [0.3, 0.4) is 0 Å². The number of para-hydroxylation sites is 1. The van der Waals surface area contributed by atoms with E-state index in [2.05, 4.69) is 15.5 Å². The molecule has 0 atom stereocenters. The molecule has 1 aliphatic heterocycles. The SMILES string of the molecule is O=C(CN1CCOc2ccccc2C1)NC1CCC(C(=O)NCCCCCO)CC1. The number of carbonyl (C=O) groups is 2. The van der Waals surface area contributed by atoms with E-state index in [0.717, 1.165) is 69.3 Å². The Labute approximate surface area is 179 Å². The lowest BCUT2D eigenvalue weighted by molar-refractivity contribution is -0.126. The van der Waals surface area contributed by atoms with Crippen molar-refractivity contribution in [2.45, 2.75) is 57.5 Å². The number of hydrogen-bond acceptors (Lipinski definition) is 5. The van der Waals surface area contributed by atoms with Gasteiger partial charge in [-0.2, -0.15) is 0 Å². The van der Waals surface area contributed by atoms with E-state index in [4.69, 9.17) is 9.84 Å². The Morgan fingerprint density at radius 1 is 1.10 bits per heavy atom. The van der Waals surface area contributed by atoms with E-state index in [9.17, 15) is 9.59 Å². The lowest BCUT2D eigenvalue weighted by atomic mass is 9.85. The van der Waals surface area contributed by atoms with Crippen LogP contribution in [0.4, 0.5) is 0 Å². The minimum atomic E-state index is 0.0474. The van der Waals surface area contributed by atoms with Gasteiger partial charge in [0.1, 0.15) is 12.4 Å². The molecule has 1 aromatic rings. The molecule has 7 nitrogen and oxygen atoms in total. The Morgan fingerprint density at radius 3 is 2.70 bits per heavy atom. The number of aliphatic hydroxyl groups is 1. The number of fused-ring (bicyclic) bond motifs is 1. The van der Waals surface area contributed by atoms with Crippen LogP contribution in [0.1, 0.15) is 50.5 Å². The van der Waals surface area contributed by atoms with Gasteiger partial charge < -0.3 is 20.5 Å². The number of unbranched alkanes of at least 4 members (excludes halogenated alkanes) is 2. The Bertz CT molecular complexity index is 689. The number of hydrogen-bond donors (Lipinski definition) is 3. The first-order valence-electron chi connectivity index (χ1n) is 11.3. The standard InChI is InChI=1S/C23H35N3O4/c27-14-5-1-4-12-24-23(29)18-8-10-20(11-9-18)25-22(28)17-26-13-15-30-21-7-3-2-6-19(21)16-26/h2-3,6-7,18,20,27H,1,4-5,8-17H2,(H,24,29)(H,25,28). The van der Waals surface area contributed by atoms with Crippen LogP contribution in [0, 0.1) is 5.92 Å². The summed E-state index contributed by atoms with van der Waals surface area (Å²) in [6, 6.07) is 8.14. The van der Waals surface area contributed by atoms with E-state index in [0.29, 0.717) is 19.7 Å². The first kappa shape index (κ1) is 22.6. The van der Waals surface area contributed by atoms with Crippen LogP contribution in [0.2, 0.25) is 0 Å². The molecule has 166 valence electrons. The van der Waals surface area contributed by atoms with Crippen molar-refractivity contribution < 1.29 is 19.4 Å². The molecule has 1 saturated carbocycles. The summed E-state index contributed by atoms with van der Waals surface area (Å²) in [5.74, 6) is 1.14. The second-order valence-corrected chi connectivity index (χ2v) is 8.36. The van der Waals surface area contributed by atoms with E-state index >= 15 is 0 Å². The van der Waals surface area contributed by atoms with Crippen LogP contribution < -0.4 is 15.4 Å². The molecule has 0 unspecified atom stereocenters. The number of aliphatic hydroxyl groups excluding tert-OH is 1. The smallest absolute Gasteiger partial charge is 0.234 e. The highest BCUT2D eigenvalue weighted by atomic mass is 16.5. The van der Waals surface area contributed by atoms with Crippen molar-refractivity contribution >= 4 is 11.8 Å². The number of amides is 2. The van der Waals surface area contributed by atoms with E-state index in [1.54, 1.807) is 0 Å². The monoisotopic (exact) mass is 417 g/mol. The van der Waals surface area contributed by atoms with Gasteiger partial charge in [-0.05, 0) is 51.0 Å². The molecule has 2 aliphatic rings. The fraction of sp³-hybridized carbons (Fsp3) is 0.652. The Hall–Kier alpha value is -2.12. The number of nitrogens with one attached hydrogen (secondary N) is 2. The Balaban J connectivity index is 1.35. The third-order valence-corrected chi connectivity index (χ3v) is 6.00. The Morgan fingerprint density at radius 2 is 1.90 bits per heavy atom. The van der Waals surface area contributed by atoms with Crippen LogP contribution in [-0.2, 0) is 16.1 Å². The fourth-order valence-electron chi connectivity index (χ4n) is 4.26. The largest absolute Gasteiger partial charge is 0.492 e. The Kier molecular flexibility index (Phi) is 8.96. The summed E-state index contributed by atoms with van der Waals surface area (Å²) >= 11 is 0. The van der Waals surface area contributed by atoms with Gasteiger partial charge in [0.05, 0.1) is 6.54 Å². The van der Waals surface area contributed by atoms with Crippen molar-refractivity contribution in [1.82, 2.24) is 15.5 Å². The minimum absolute atomic E-state index is 0.0474. The van der Waals surface area contributed by atoms with Gasteiger partial charge in [0.25, 0.3) is 0 Å². The molecule has 1 heterocycles. The fourth-order valence-corrected chi connectivity index (χ4v) is 4.26. The molecule has 0 radical (unpaired) electrons. The molecule has 3 rings (SSSR count). The van der Waals surface area contributed by atoms with Crippen molar-refractivity contribution in [2.75, 3.05) is 32.8 Å². The van der Waals surface area contributed by atoms with E-state index < -0.39 is 0 Å². The maximum atomic E-state index is 12.6. The summed E-state index contributed by atoms with van der Waals surface area (Å²) in [5, 5.41) is 15.0. The molecule has 1 fully saturated rings. The van der Waals surface area contributed by atoms with Crippen molar-refractivity contribution in [1.29, 1.82) is 0 Å². The molecule has 0 saturated heterocycles. The summed E-state index contributed by atoms with van der Waals surface area (Å²) < 4.78 is 5.77. The van der Waals surface area contributed by atoms with Crippen LogP contribution >= 0.6 is 0 Å². The zero-order valence-corrected chi connectivity index (χ0v) is 17.8. The zero-order chi connectivity index (χ0) is 21.2. The number of nitrogens with zero attached hydrogens (tertiary/aromatic N) is 1. The summed E-state index contributed by atoms with van der Waals surface area (Å²) in [4.78, 5) is 27.0. The normalized spacial score (nSPS) is 21.8. The number of carbonyl (C=O) groups excluding carboxylic acids is 2. The van der Waals surface area contributed by atoms with Crippen LogP contribution in [0.25, 0.3) is 0 Å². The topological polar surface area (TPSA) is 90.9 Å². The molecule has 0 bridgehead atoms. The molecule has 7 heteroatoms. The van der Waals surface area contributed by atoms with Gasteiger partial charge in [-0.25, -0.2) is 0 Å². The number of ether oxygens (including phenoxy) is 1. The lowest BCUT2D eigenvalue weighted by Crippen LogP contribution is -2.45. The van der Waals surface area contributed by atoms with E-state index in [1.165, 1.54) is 0 Å². The predicted octanol–water partition coefficient (Wildman–Crippen LogP) is 1.83. The third kappa shape index (κ3) is 6.99. The molecule has 30 heavy (non-hydrogen) atoms. The molecular weight excluding hydrogens is 382 g/mol. The van der Waals surface area contributed by atoms with Crippen molar-refractivity contribution in [3.8, 4) is 5.75 Å². The third-order valence-electron chi connectivity index (χ3n) is 6.00. The zero-order valence-electron chi connectivity index (χ0n) is 17.8. The van der Waals surface area contributed by atoms with Gasteiger partial charge in [0.15, 0.2) is 0 Å². The van der Waals surface area contributed by atoms with Gasteiger partial charge in [-0.3, -0.25) is 14.5 Å². The first-order chi connectivity index (χ1) is 14.7. The molecule has 0 aromatic heterocycles. The maximum absolute atomic E-state index is 12.6. The van der Waals surface area contributed by atoms with Crippen LogP contribution in [0.5, 0.6) is 5.75 Å². The van der Waals surface area contributed by atoms with Crippen LogP contribution in [-0.4, -0.2) is 60.7 Å². The lowest BCUT2D eigenvalue weighted by Gasteiger charge is -2.29. The summed E-state index contributed by atoms with van der Waals surface area (Å²) in [7, 11) is 0. The average molecular weight is 418 g/mol. The highest BCUT2D eigenvalue weighted by molar-refractivity contribution is 5.79. The molecule has 1 aliphatic carbocycles. The summed E-state index contributed by atoms with van der Waals surface area (Å²) in [6.45, 7) is 3.29. The number of rotatable bonds is 9. The molecular formula is C23H35N3O4. The predicted molar refractivity (Wildman–Crippen MR) is 115 cm³/mol. The minimum Gasteiger partial charge on any atom is -0.492 e.